The molecule has 1 aliphatic heterocycles. The Kier molecular flexibility index (Phi) is 2.47. The number of halogens is 1. The highest BCUT2D eigenvalue weighted by Crippen LogP contribution is 2.29. The van der Waals surface area contributed by atoms with E-state index in [0.717, 1.165) is 12.0 Å². The maximum atomic E-state index is 12.7. The van der Waals surface area contributed by atoms with Gasteiger partial charge in [-0.3, -0.25) is 4.79 Å². The third-order valence-corrected chi connectivity index (χ3v) is 2.71. The minimum Gasteiger partial charge on any atom is -0.459 e. The molecule has 1 atom stereocenters. The maximum absolute atomic E-state index is 12.7. The molecule has 0 saturated carbocycles. The minimum absolute atomic E-state index is 0.139. The van der Waals surface area contributed by atoms with Crippen LogP contribution in [0.3, 0.4) is 0 Å². The fourth-order valence-corrected chi connectivity index (χ4v) is 1.90. The van der Waals surface area contributed by atoms with Gasteiger partial charge in [-0.05, 0) is 31.0 Å². The molecule has 0 amide bonds. The number of hydrogen-bond acceptors (Lipinski definition) is 2. The van der Waals surface area contributed by atoms with Gasteiger partial charge in [0, 0.05) is 12.8 Å². The molecular weight excluding hydrogens is 195 g/mol. The van der Waals surface area contributed by atoms with E-state index in [9.17, 15) is 9.18 Å². The SMILES string of the molecule is CC1(Cc2ccc(F)cc2)CCC(=O)O1. The van der Waals surface area contributed by atoms with Crippen molar-refractivity contribution in [2.75, 3.05) is 0 Å². The van der Waals surface area contributed by atoms with Gasteiger partial charge in [0.05, 0.1) is 0 Å². The number of ether oxygens (including phenoxy) is 1. The molecule has 0 radical (unpaired) electrons. The van der Waals surface area contributed by atoms with Crippen LogP contribution in [-0.4, -0.2) is 11.6 Å². The molecule has 0 aromatic heterocycles. The molecule has 0 bridgehead atoms. The van der Waals surface area contributed by atoms with E-state index in [0.29, 0.717) is 12.8 Å². The maximum Gasteiger partial charge on any atom is 0.306 e. The van der Waals surface area contributed by atoms with Gasteiger partial charge >= 0.3 is 5.97 Å². The lowest BCUT2D eigenvalue weighted by molar-refractivity contribution is -0.147. The van der Waals surface area contributed by atoms with Crippen molar-refractivity contribution in [2.45, 2.75) is 31.8 Å². The fraction of sp³-hybridized carbons (Fsp3) is 0.417. The van der Waals surface area contributed by atoms with E-state index in [1.54, 1.807) is 12.1 Å². The zero-order chi connectivity index (χ0) is 10.9. The average Bonchev–Trinajstić information content (AvgIpc) is 2.50. The second-order valence-electron chi connectivity index (χ2n) is 4.23. The largest absolute Gasteiger partial charge is 0.459 e. The molecule has 1 aromatic rings. The second-order valence-corrected chi connectivity index (χ2v) is 4.23. The van der Waals surface area contributed by atoms with Crippen molar-refractivity contribution >= 4 is 5.97 Å². The zero-order valence-electron chi connectivity index (χ0n) is 8.63. The fourth-order valence-electron chi connectivity index (χ4n) is 1.90. The molecule has 0 aliphatic carbocycles. The predicted molar refractivity (Wildman–Crippen MR) is 53.8 cm³/mol. The number of carbonyl (C=O) groups excluding carboxylic acids is 1. The number of hydrogen-bond donors (Lipinski definition) is 0. The summed E-state index contributed by atoms with van der Waals surface area (Å²) in [6.45, 7) is 1.92. The van der Waals surface area contributed by atoms with Crippen molar-refractivity contribution in [2.24, 2.45) is 0 Å². The molecule has 80 valence electrons. The van der Waals surface area contributed by atoms with Crippen LogP contribution in [0.15, 0.2) is 24.3 Å². The molecule has 1 fully saturated rings. The summed E-state index contributed by atoms with van der Waals surface area (Å²) in [5.74, 6) is -0.382. The summed E-state index contributed by atoms with van der Waals surface area (Å²) in [5, 5.41) is 0. The molecule has 0 N–H and O–H groups in total. The van der Waals surface area contributed by atoms with Crippen LogP contribution in [0.25, 0.3) is 0 Å². The average molecular weight is 208 g/mol. The Morgan fingerprint density at radius 2 is 2.07 bits per heavy atom. The Balaban J connectivity index is 2.08. The summed E-state index contributed by atoms with van der Waals surface area (Å²) < 4.78 is 17.9. The van der Waals surface area contributed by atoms with Gasteiger partial charge in [-0.15, -0.1) is 0 Å². The smallest absolute Gasteiger partial charge is 0.306 e. The monoisotopic (exact) mass is 208 g/mol. The number of rotatable bonds is 2. The van der Waals surface area contributed by atoms with Crippen molar-refractivity contribution in [1.82, 2.24) is 0 Å². The quantitative estimate of drug-likeness (QED) is 0.698. The van der Waals surface area contributed by atoms with Crippen molar-refractivity contribution in [1.29, 1.82) is 0 Å². The van der Waals surface area contributed by atoms with Crippen LogP contribution in [0, 0.1) is 5.82 Å². The van der Waals surface area contributed by atoms with E-state index in [2.05, 4.69) is 0 Å². The minimum atomic E-state index is -0.408. The Morgan fingerprint density at radius 3 is 2.60 bits per heavy atom. The Hall–Kier alpha value is -1.38. The predicted octanol–water partition coefficient (Wildman–Crippen LogP) is 2.46. The van der Waals surface area contributed by atoms with Crippen molar-refractivity contribution in [3.63, 3.8) is 0 Å². The van der Waals surface area contributed by atoms with E-state index >= 15 is 0 Å². The molecule has 15 heavy (non-hydrogen) atoms. The lowest BCUT2D eigenvalue weighted by Crippen LogP contribution is -2.26. The molecule has 1 unspecified atom stereocenters. The van der Waals surface area contributed by atoms with Gasteiger partial charge in [0.1, 0.15) is 11.4 Å². The number of benzene rings is 1. The summed E-state index contributed by atoms with van der Waals surface area (Å²) in [7, 11) is 0. The number of carbonyl (C=O) groups is 1. The zero-order valence-corrected chi connectivity index (χ0v) is 8.63. The standard InChI is InChI=1S/C12H13FO2/c1-12(7-6-11(14)15-12)8-9-2-4-10(13)5-3-9/h2-5H,6-8H2,1H3. The van der Waals surface area contributed by atoms with E-state index in [4.69, 9.17) is 4.74 Å². The lowest BCUT2D eigenvalue weighted by atomic mass is 9.94. The van der Waals surface area contributed by atoms with Crippen LogP contribution in [0.5, 0.6) is 0 Å². The van der Waals surface area contributed by atoms with Crippen molar-refractivity contribution in [3.05, 3.63) is 35.6 Å². The first-order valence-corrected chi connectivity index (χ1v) is 5.04. The molecule has 0 spiro atoms. The van der Waals surface area contributed by atoms with Gasteiger partial charge in [0.2, 0.25) is 0 Å². The molecule has 3 heteroatoms. The normalized spacial score (nSPS) is 25.3. The van der Waals surface area contributed by atoms with Crippen LogP contribution in [0.2, 0.25) is 0 Å². The van der Waals surface area contributed by atoms with E-state index in [1.165, 1.54) is 12.1 Å². The molecular formula is C12H13FO2. The third-order valence-electron chi connectivity index (χ3n) is 2.71. The first-order chi connectivity index (χ1) is 7.07. The Morgan fingerprint density at radius 1 is 1.40 bits per heavy atom. The van der Waals surface area contributed by atoms with E-state index in [1.807, 2.05) is 6.92 Å². The Labute approximate surface area is 88.1 Å². The van der Waals surface area contributed by atoms with Crippen molar-refractivity contribution in [3.8, 4) is 0 Å². The highest BCUT2D eigenvalue weighted by Gasteiger charge is 2.35. The van der Waals surface area contributed by atoms with Gasteiger partial charge in [0.15, 0.2) is 0 Å². The topological polar surface area (TPSA) is 26.3 Å². The van der Waals surface area contributed by atoms with Gasteiger partial charge in [-0.25, -0.2) is 4.39 Å². The van der Waals surface area contributed by atoms with Gasteiger partial charge in [0.25, 0.3) is 0 Å². The van der Waals surface area contributed by atoms with E-state index < -0.39 is 5.60 Å². The lowest BCUT2D eigenvalue weighted by Gasteiger charge is -2.22. The number of cyclic esters (lactones) is 1. The van der Waals surface area contributed by atoms with Crippen LogP contribution in [0.4, 0.5) is 4.39 Å². The molecule has 2 nitrogen and oxygen atoms in total. The molecule has 1 aliphatic rings. The highest BCUT2D eigenvalue weighted by molar-refractivity contribution is 5.72. The second kappa shape index (κ2) is 3.65. The van der Waals surface area contributed by atoms with Crippen LogP contribution in [0.1, 0.15) is 25.3 Å². The summed E-state index contributed by atoms with van der Waals surface area (Å²) >= 11 is 0. The van der Waals surface area contributed by atoms with Gasteiger partial charge in [-0.1, -0.05) is 12.1 Å². The van der Waals surface area contributed by atoms with Crippen LogP contribution >= 0.6 is 0 Å². The molecule has 1 heterocycles. The third kappa shape index (κ3) is 2.35. The van der Waals surface area contributed by atoms with Crippen molar-refractivity contribution < 1.29 is 13.9 Å². The summed E-state index contributed by atoms with van der Waals surface area (Å²) in [6.07, 6.45) is 1.87. The first kappa shape index (κ1) is 10.1. The molecule has 2 rings (SSSR count). The first-order valence-electron chi connectivity index (χ1n) is 5.04. The van der Waals surface area contributed by atoms with Gasteiger partial charge < -0.3 is 4.74 Å². The van der Waals surface area contributed by atoms with Crippen LogP contribution < -0.4 is 0 Å². The van der Waals surface area contributed by atoms with Gasteiger partial charge in [-0.2, -0.15) is 0 Å². The van der Waals surface area contributed by atoms with E-state index in [-0.39, 0.29) is 11.8 Å². The summed E-state index contributed by atoms with van der Waals surface area (Å²) in [6, 6.07) is 6.31. The summed E-state index contributed by atoms with van der Waals surface area (Å²) in [4.78, 5) is 11.0. The molecule has 1 aromatic carbocycles. The van der Waals surface area contributed by atoms with Crippen LogP contribution in [-0.2, 0) is 16.0 Å². The number of esters is 1. The highest BCUT2D eigenvalue weighted by atomic mass is 19.1. The Bertz CT molecular complexity index is 372. The summed E-state index contributed by atoms with van der Waals surface area (Å²) in [5.41, 5.74) is 0.586. The molecule has 1 saturated heterocycles.